The smallest absolute Gasteiger partial charge is 0.282 e. The number of nitrogens with one attached hydrogen (secondary N) is 2. The predicted molar refractivity (Wildman–Crippen MR) is 176 cm³/mol. The number of amides is 2. The van der Waals surface area contributed by atoms with Crippen LogP contribution < -0.4 is 15.5 Å². The van der Waals surface area contributed by atoms with E-state index in [0.29, 0.717) is 28.1 Å². The molecule has 252 valence electrons. The number of pyridine rings is 1. The number of carbonyl (C=O) groups is 2. The van der Waals surface area contributed by atoms with Crippen LogP contribution in [0, 0.1) is 11.8 Å². The fraction of sp³-hybridized carbons (Fsp3) is 0.515. The van der Waals surface area contributed by atoms with Crippen LogP contribution in [0.2, 0.25) is 0 Å². The number of fused-ring (bicyclic) bond motifs is 1. The van der Waals surface area contributed by atoms with Gasteiger partial charge in [0, 0.05) is 55.9 Å². The van der Waals surface area contributed by atoms with Gasteiger partial charge in [-0.25, -0.2) is 22.2 Å². The molecule has 1 aliphatic carbocycles. The summed E-state index contributed by atoms with van der Waals surface area (Å²) in [5.41, 5.74) is -0.0643. The van der Waals surface area contributed by atoms with Gasteiger partial charge < -0.3 is 20.4 Å². The van der Waals surface area contributed by atoms with Gasteiger partial charge in [0.2, 0.25) is 5.91 Å². The normalized spacial score (nSPS) is 23.1. The minimum absolute atomic E-state index is 0.00856. The maximum Gasteiger partial charge on any atom is 0.282 e. The Morgan fingerprint density at radius 1 is 1.17 bits per heavy atom. The first-order chi connectivity index (χ1) is 22.3. The number of benzene rings is 1. The highest BCUT2D eigenvalue weighted by Crippen LogP contribution is 2.49. The molecule has 0 spiro atoms. The van der Waals surface area contributed by atoms with Crippen LogP contribution in [0.1, 0.15) is 62.0 Å². The minimum atomic E-state index is -4.26. The molecule has 2 aliphatic heterocycles. The van der Waals surface area contributed by atoms with Crippen molar-refractivity contribution in [2.45, 2.75) is 56.7 Å². The van der Waals surface area contributed by atoms with Gasteiger partial charge in [-0.1, -0.05) is 13.0 Å². The molecule has 3 aromatic rings. The van der Waals surface area contributed by atoms with Crippen LogP contribution in [0.4, 0.5) is 14.6 Å². The minimum Gasteiger partial charge on any atom is -0.354 e. The Labute approximate surface area is 273 Å². The highest BCUT2D eigenvalue weighted by atomic mass is 32.2. The fourth-order valence-corrected chi connectivity index (χ4v) is 8.76. The number of carbonyl (C=O) groups excluding carboxylic acids is 2. The third-order valence-electron chi connectivity index (χ3n) is 9.86. The quantitative estimate of drug-likeness (QED) is 0.311. The number of hydrogen-bond acceptors (Lipinski definition) is 8. The average molecular weight is 670 g/mol. The number of aromatic nitrogens is 3. The fourth-order valence-electron chi connectivity index (χ4n) is 6.84. The lowest BCUT2D eigenvalue weighted by Crippen LogP contribution is -2.50. The zero-order chi connectivity index (χ0) is 33.7. The molecule has 6 rings (SSSR count). The van der Waals surface area contributed by atoms with Gasteiger partial charge in [0.25, 0.3) is 22.4 Å². The topological polar surface area (TPSA) is 130 Å². The number of nitrogens with zero attached hydrogens (tertiary/aromatic N) is 5. The highest BCUT2D eigenvalue weighted by Gasteiger charge is 2.55. The molecule has 3 aliphatic rings. The van der Waals surface area contributed by atoms with E-state index in [4.69, 9.17) is 0 Å². The van der Waals surface area contributed by atoms with Crippen LogP contribution in [-0.4, -0.2) is 89.9 Å². The Kier molecular flexibility index (Phi) is 8.85. The standard InChI is InChI=1S/C33H41F2N7O4S/c1-5-8-33(9-10-33)47(45,46)42-26-17-23(22-6-7-27(36-18-22)41-13-11-40(4)12-14-41)16-24(28(26)29(39-42)30(34)35)31(43)37-19-25-20(2)15-21(3)38-32(25)44/h5-7,16-18,20-21,25,30H,1,8-15,19H2,2-4H3,(H,37,43)(H,38,44). The van der Waals surface area contributed by atoms with E-state index in [0.717, 1.165) is 38.4 Å². The number of likely N-dealkylation sites (N-methyl/N-ethyl adjacent to an activating group) is 1. The van der Waals surface area contributed by atoms with Crippen LogP contribution in [0.15, 0.2) is 43.1 Å². The zero-order valence-corrected chi connectivity index (χ0v) is 27.7. The van der Waals surface area contributed by atoms with Gasteiger partial charge in [-0.05, 0) is 75.4 Å². The maximum absolute atomic E-state index is 14.6. The van der Waals surface area contributed by atoms with E-state index < -0.39 is 38.7 Å². The molecule has 3 fully saturated rings. The van der Waals surface area contributed by atoms with Crippen molar-refractivity contribution in [2.75, 3.05) is 44.7 Å². The van der Waals surface area contributed by atoms with Gasteiger partial charge >= 0.3 is 0 Å². The summed E-state index contributed by atoms with van der Waals surface area (Å²) in [5, 5.41) is 9.40. The molecule has 47 heavy (non-hydrogen) atoms. The monoisotopic (exact) mass is 669 g/mol. The maximum atomic E-state index is 14.6. The van der Waals surface area contributed by atoms with Crippen LogP contribution in [0.5, 0.6) is 0 Å². The molecule has 0 radical (unpaired) electrons. The molecule has 3 atom stereocenters. The van der Waals surface area contributed by atoms with E-state index in [9.17, 15) is 26.8 Å². The Morgan fingerprint density at radius 3 is 2.49 bits per heavy atom. The second-order valence-electron chi connectivity index (χ2n) is 13.3. The lowest BCUT2D eigenvalue weighted by molar-refractivity contribution is -0.129. The lowest BCUT2D eigenvalue weighted by atomic mass is 9.84. The molecule has 4 heterocycles. The predicted octanol–water partition coefficient (Wildman–Crippen LogP) is 3.96. The van der Waals surface area contributed by atoms with E-state index in [1.54, 1.807) is 6.20 Å². The summed E-state index contributed by atoms with van der Waals surface area (Å²) in [7, 11) is -2.19. The van der Waals surface area contributed by atoms with Crippen molar-refractivity contribution in [1.82, 2.24) is 29.7 Å². The molecule has 14 heteroatoms. The summed E-state index contributed by atoms with van der Waals surface area (Å²) in [4.78, 5) is 35.7. The van der Waals surface area contributed by atoms with Gasteiger partial charge in [0.1, 0.15) is 11.5 Å². The van der Waals surface area contributed by atoms with Gasteiger partial charge in [-0.2, -0.15) is 9.19 Å². The molecular weight excluding hydrogens is 628 g/mol. The molecule has 2 aromatic heterocycles. The van der Waals surface area contributed by atoms with Crippen molar-refractivity contribution in [3.63, 3.8) is 0 Å². The van der Waals surface area contributed by atoms with E-state index in [1.807, 2.05) is 26.0 Å². The van der Waals surface area contributed by atoms with E-state index in [2.05, 4.69) is 44.1 Å². The Hall–Kier alpha value is -3.91. The van der Waals surface area contributed by atoms with Crippen molar-refractivity contribution in [2.24, 2.45) is 11.8 Å². The summed E-state index contributed by atoms with van der Waals surface area (Å²) in [6, 6.07) is 6.64. The molecule has 2 N–H and O–H groups in total. The summed E-state index contributed by atoms with van der Waals surface area (Å²) >= 11 is 0. The van der Waals surface area contributed by atoms with Gasteiger partial charge in [-0.15, -0.1) is 6.58 Å². The Bertz CT molecular complexity index is 1800. The third kappa shape index (κ3) is 6.13. The molecular formula is C33H41F2N7O4S. The first-order valence-corrected chi connectivity index (χ1v) is 17.5. The van der Waals surface area contributed by atoms with Crippen LogP contribution in [0.3, 0.4) is 0 Å². The number of hydrogen-bond donors (Lipinski definition) is 2. The summed E-state index contributed by atoms with van der Waals surface area (Å²) < 4.78 is 56.7. The molecule has 2 saturated heterocycles. The zero-order valence-electron chi connectivity index (χ0n) is 26.9. The average Bonchev–Trinajstić information content (AvgIpc) is 3.72. The van der Waals surface area contributed by atoms with Gasteiger partial charge in [-0.3, -0.25) is 9.59 Å². The molecule has 1 saturated carbocycles. The van der Waals surface area contributed by atoms with Crippen LogP contribution >= 0.6 is 0 Å². The van der Waals surface area contributed by atoms with E-state index in [-0.39, 0.29) is 47.3 Å². The number of rotatable bonds is 10. The molecule has 11 nitrogen and oxygen atoms in total. The van der Waals surface area contributed by atoms with Crippen LogP contribution in [-0.2, 0) is 14.8 Å². The van der Waals surface area contributed by atoms with Crippen molar-refractivity contribution in [3.8, 4) is 11.1 Å². The molecule has 1 aromatic carbocycles. The van der Waals surface area contributed by atoms with Crippen molar-refractivity contribution in [3.05, 3.63) is 54.4 Å². The van der Waals surface area contributed by atoms with E-state index >= 15 is 0 Å². The second kappa shape index (κ2) is 12.6. The number of anilines is 1. The second-order valence-corrected chi connectivity index (χ2v) is 15.4. The number of alkyl halides is 2. The highest BCUT2D eigenvalue weighted by molar-refractivity contribution is 7.91. The first-order valence-electron chi connectivity index (χ1n) is 16.0. The molecule has 3 unspecified atom stereocenters. The molecule has 0 bridgehead atoms. The Balaban J connectivity index is 1.44. The summed E-state index contributed by atoms with van der Waals surface area (Å²) in [6.45, 7) is 11.0. The Morgan fingerprint density at radius 2 is 1.89 bits per heavy atom. The van der Waals surface area contributed by atoms with Crippen molar-refractivity contribution < 1.29 is 26.8 Å². The number of allylic oxidation sites excluding steroid dienone is 1. The summed E-state index contributed by atoms with van der Waals surface area (Å²) in [5.74, 6) is -0.636. The first kappa shape index (κ1) is 33.0. The van der Waals surface area contributed by atoms with Gasteiger partial charge in [0.05, 0.1) is 21.7 Å². The van der Waals surface area contributed by atoms with Crippen molar-refractivity contribution >= 4 is 38.6 Å². The SMILES string of the molecule is C=CCC1(S(=O)(=O)n2nc(C(F)F)c3c(C(=O)NCC4C(=O)NC(C)CC4C)cc(-c4ccc(N5CCN(C)CC5)nc4)cc32)CC1. The number of halogens is 2. The van der Waals surface area contributed by atoms with E-state index in [1.165, 1.54) is 18.2 Å². The van der Waals surface area contributed by atoms with Crippen LogP contribution in [0.25, 0.3) is 22.0 Å². The third-order valence-corrected chi connectivity index (χ3v) is 12.3. The lowest BCUT2D eigenvalue weighted by Gasteiger charge is -2.33. The molecule has 2 amide bonds. The van der Waals surface area contributed by atoms with Crippen molar-refractivity contribution in [1.29, 1.82) is 0 Å². The van der Waals surface area contributed by atoms with Gasteiger partial charge in [0.15, 0.2) is 0 Å². The number of piperidine rings is 1. The summed E-state index contributed by atoms with van der Waals surface area (Å²) in [6.07, 6.45) is 1.55. The number of piperazine rings is 1. The largest absolute Gasteiger partial charge is 0.354 e.